The van der Waals surface area contributed by atoms with Gasteiger partial charge >= 0.3 is 5.97 Å². The standard InChI is InChI=1S/C21H22N2O3/c1-3-14(2)15-8-10-16(11-9-15)23-20(24)13-26-21(25)18-12-22-19-7-5-4-6-17(18)19/h4-12,14,22H,3,13H2,1-2H3,(H,23,24)/t14-/m0/s1. The number of para-hydroxylation sites is 1. The van der Waals surface area contributed by atoms with Crippen LogP contribution in [0.25, 0.3) is 10.9 Å². The van der Waals surface area contributed by atoms with Crippen molar-refractivity contribution >= 4 is 28.5 Å². The van der Waals surface area contributed by atoms with E-state index in [1.165, 1.54) is 5.56 Å². The lowest BCUT2D eigenvalue weighted by Crippen LogP contribution is -2.20. The zero-order valence-corrected chi connectivity index (χ0v) is 14.9. The van der Waals surface area contributed by atoms with Crippen LogP contribution in [0.3, 0.4) is 0 Å². The highest BCUT2D eigenvalue weighted by molar-refractivity contribution is 6.05. The first-order valence-corrected chi connectivity index (χ1v) is 8.71. The Morgan fingerprint density at radius 3 is 2.58 bits per heavy atom. The summed E-state index contributed by atoms with van der Waals surface area (Å²) in [5.41, 5.74) is 3.19. The molecule has 2 N–H and O–H groups in total. The van der Waals surface area contributed by atoms with Gasteiger partial charge in [0.15, 0.2) is 6.61 Å². The lowest BCUT2D eigenvalue weighted by Gasteiger charge is -2.10. The fourth-order valence-electron chi connectivity index (χ4n) is 2.78. The number of ether oxygens (including phenoxy) is 1. The first-order valence-electron chi connectivity index (χ1n) is 8.71. The number of nitrogens with one attached hydrogen (secondary N) is 2. The molecule has 0 bridgehead atoms. The molecule has 134 valence electrons. The van der Waals surface area contributed by atoms with Crippen molar-refractivity contribution in [1.29, 1.82) is 0 Å². The van der Waals surface area contributed by atoms with Crippen molar-refractivity contribution in [1.82, 2.24) is 4.98 Å². The van der Waals surface area contributed by atoms with Crippen LogP contribution in [0.15, 0.2) is 54.7 Å². The summed E-state index contributed by atoms with van der Waals surface area (Å²) in [4.78, 5) is 27.3. The van der Waals surface area contributed by atoms with Crippen LogP contribution in [0.4, 0.5) is 5.69 Å². The van der Waals surface area contributed by atoms with Gasteiger partial charge in [-0.2, -0.15) is 0 Å². The van der Waals surface area contributed by atoms with Crippen molar-refractivity contribution in [3.05, 3.63) is 65.9 Å². The monoisotopic (exact) mass is 350 g/mol. The molecular formula is C21H22N2O3. The van der Waals surface area contributed by atoms with E-state index in [1.807, 2.05) is 48.5 Å². The number of benzene rings is 2. The number of H-pyrrole nitrogens is 1. The third-order valence-electron chi connectivity index (χ3n) is 4.52. The predicted molar refractivity (Wildman–Crippen MR) is 102 cm³/mol. The number of carbonyl (C=O) groups is 2. The van der Waals surface area contributed by atoms with Crippen LogP contribution in [0.5, 0.6) is 0 Å². The Hall–Kier alpha value is -3.08. The first-order chi connectivity index (χ1) is 12.6. The Bertz CT molecular complexity index is 912. The number of anilines is 1. The number of hydrogen-bond donors (Lipinski definition) is 2. The molecule has 0 aliphatic heterocycles. The van der Waals surface area contributed by atoms with Gasteiger partial charge in [-0.15, -0.1) is 0 Å². The van der Waals surface area contributed by atoms with Crippen LogP contribution in [0.2, 0.25) is 0 Å². The number of aromatic nitrogens is 1. The molecule has 0 radical (unpaired) electrons. The van der Waals surface area contributed by atoms with E-state index in [-0.39, 0.29) is 12.5 Å². The van der Waals surface area contributed by atoms with Crippen molar-refractivity contribution in [3.8, 4) is 0 Å². The number of esters is 1. The Morgan fingerprint density at radius 1 is 1.12 bits per heavy atom. The van der Waals surface area contributed by atoms with Gasteiger partial charge in [0.1, 0.15) is 0 Å². The fourth-order valence-corrected chi connectivity index (χ4v) is 2.78. The third-order valence-corrected chi connectivity index (χ3v) is 4.52. The molecule has 26 heavy (non-hydrogen) atoms. The molecule has 0 spiro atoms. The van der Waals surface area contributed by atoms with Crippen LogP contribution in [-0.2, 0) is 9.53 Å². The highest BCUT2D eigenvalue weighted by atomic mass is 16.5. The van der Waals surface area contributed by atoms with Gasteiger partial charge in [0.2, 0.25) is 0 Å². The summed E-state index contributed by atoms with van der Waals surface area (Å²) in [7, 11) is 0. The Labute approximate surface area is 152 Å². The second-order valence-electron chi connectivity index (χ2n) is 6.30. The predicted octanol–water partition coefficient (Wildman–Crippen LogP) is 4.48. The topological polar surface area (TPSA) is 71.2 Å². The molecule has 0 saturated carbocycles. The molecule has 1 atom stereocenters. The van der Waals surface area contributed by atoms with Crippen molar-refractivity contribution in [2.24, 2.45) is 0 Å². The maximum Gasteiger partial charge on any atom is 0.340 e. The average Bonchev–Trinajstić information content (AvgIpc) is 3.10. The molecule has 2 aromatic carbocycles. The average molecular weight is 350 g/mol. The molecule has 1 heterocycles. The zero-order chi connectivity index (χ0) is 18.5. The third kappa shape index (κ3) is 3.94. The van der Waals surface area contributed by atoms with Gasteiger partial charge in [0.05, 0.1) is 5.56 Å². The molecule has 0 aliphatic rings. The number of rotatable bonds is 6. The quantitative estimate of drug-likeness (QED) is 0.644. The van der Waals surface area contributed by atoms with E-state index in [9.17, 15) is 9.59 Å². The molecule has 3 aromatic rings. The SMILES string of the molecule is CC[C@H](C)c1ccc(NC(=O)COC(=O)c2c[nH]c3ccccc23)cc1. The number of carbonyl (C=O) groups excluding carboxylic acids is 2. The summed E-state index contributed by atoms with van der Waals surface area (Å²) in [6.45, 7) is 3.98. The normalized spacial score (nSPS) is 11.9. The minimum atomic E-state index is -0.523. The summed E-state index contributed by atoms with van der Waals surface area (Å²) in [5.74, 6) is -0.406. The Morgan fingerprint density at radius 2 is 1.85 bits per heavy atom. The van der Waals surface area contributed by atoms with Gasteiger partial charge in [-0.3, -0.25) is 4.79 Å². The minimum Gasteiger partial charge on any atom is -0.452 e. The highest BCUT2D eigenvalue weighted by Gasteiger charge is 2.15. The maximum absolute atomic E-state index is 12.2. The summed E-state index contributed by atoms with van der Waals surface area (Å²) >= 11 is 0. The van der Waals surface area contributed by atoms with Crippen LogP contribution in [0, 0.1) is 0 Å². The lowest BCUT2D eigenvalue weighted by molar-refractivity contribution is -0.119. The van der Waals surface area contributed by atoms with E-state index in [1.54, 1.807) is 6.20 Å². The van der Waals surface area contributed by atoms with Crippen LogP contribution >= 0.6 is 0 Å². The van der Waals surface area contributed by atoms with Gasteiger partial charge in [-0.05, 0) is 36.1 Å². The van der Waals surface area contributed by atoms with Gasteiger partial charge < -0.3 is 15.0 Å². The molecule has 5 heteroatoms. The summed E-state index contributed by atoms with van der Waals surface area (Å²) in [6, 6.07) is 15.2. The molecule has 0 saturated heterocycles. The van der Waals surface area contributed by atoms with Gasteiger partial charge in [-0.1, -0.05) is 44.2 Å². The Balaban J connectivity index is 1.56. The second kappa shape index (κ2) is 7.87. The molecule has 0 fully saturated rings. The summed E-state index contributed by atoms with van der Waals surface area (Å²) in [6.07, 6.45) is 2.66. The smallest absolute Gasteiger partial charge is 0.340 e. The largest absolute Gasteiger partial charge is 0.452 e. The van der Waals surface area contributed by atoms with Crippen molar-refractivity contribution in [3.63, 3.8) is 0 Å². The van der Waals surface area contributed by atoms with E-state index in [0.717, 1.165) is 17.3 Å². The molecule has 1 aromatic heterocycles. The van der Waals surface area contributed by atoms with Gasteiger partial charge in [0.25, 0.3) is 5.91 Å². The van der Waals surface area contributed by atoms with E-state index < -0.39 is 5.97 Å². The number of aromatic amines is 1. The van der Waals surface area contributed by atoms with Crippen molar-refractivity contribution in [2.75, 3.05) is 11.9 Å². The van der Waals surface area contributed by atoms with E-state index in [0.29, 0.717) is 17.2 Å². The minimum absolute atomic E-state index is 0.328. The number of hydrogen-bond acceptors (Lipinski definition) is 3. The van der Waals surface area contributed by atoms with Crippen LogP contribution in [-0.4, -0.2) is 23.5 Å². The Kier molecular flexibility index (Phi) is 5.37. The van der Waals surface area contributed by atoms with E-state index in [4.69, 9.17) is 4.74 Å². The molecular weight excluding hydrogens is 328 g/mol. The molecule has 0 aliphatic carbocycles. The second-order valence-corrected chi connectivity index (χ2v) is 6.30. The van der Waals surface area contributed by atoms with E-state index >= 15 is 0 Å². The molecule has 3 rings (SSSR count). The summed E-state index contributed by atoms with van der Waals surface area (Å²) in [5, 5.41) is 3.52. The van der Waals surface area contributed by atoms with E-state index in [2.05, 4.69) is 24.1 Å². The molecule has 5 nitrogen and oxygen atoms in total. The van der Waals surface area contributed by atoms with Gasteiger partial charge in [0, 0.05) is 22.8 Å². The first kappa shape index (κ1) is 17.7. The van der Waals surface area contributed by atoms with Crippen LogP contribution < -0.4 is 5.32 Å². The maximum atomic E-state index is 12.2. The highest BCUT2D eigenvalue weighted by Crippen LogP contribution is 2.21. The van der Waals surface area contributed by atoms with Crippen LogP contribution in [0.1, 0.15) is 42.1 Å². The molecule has 1 amide bonds. The molecule has 0 unspecified atom stereocenters. The number of fused-ring (bicyclic) bond motifs is 1. The van der Waals surface area contributed by atoms with Gasteiger partial charge in [-0.25, -0.2) is 4.79 Å². The zero-order valence-electron chi connectivity index (χ0n) is 14.9. The number of amides is 1. The van der Waals surface area contributed by atoms with Crippen molar-refractivity contribution < 1.29 is 14.3 Å². The lowest BCUT2D eigenvalue weighted by atomic mass is 9.99. The summed E-state index contributed by atoms with van der Waals surface area (Å²) < 4.78 is 5.14. The van der Waals surface area contributed by atoms with Crippen molar-refractivity contribution in [2.45, 2.75) is 26.2 Å². The fraction of sp³-hybridized carbons (Fsp3) is 0.238.